The van der Waals surface area contributed by atoms with Crippen LogP contribution in [0.15, 0.2) is 46.9 Å². The highest BCUT2D eigenvalue weighted by molar-refractivity contribution is 7.99. The Morgan fingerprint density at radius 2 is 2.00 bits per heavy atom. The lowest BCUT2D eigenvalue weighted by atomic mass is 10.0. The van der Waals surface area contributed by atoms with Crippen LogP contribution in [0.25, 0.3) is 6.08 Å². The molecule has 0 saturated carbocycles. The molecule has 0 aliphatic carbocycles. The van der Waals surface area contributed by atoms with E-state index in [-0.39, 0.29) is 5.78 Å². The van der Waals surface area contributed by atoms with E-state index in [0.29, 0.717) is 36.2 Å². The minimum atomic E-state index is 0.0817. The molecule has 0 saturated heterocycles. The summed E-state index contributed by atoms with van der Waals surface area (Å²) in [5, 5.41) is 0. The van der Waals surface area contributed by atoms with E-state index in [2.05, 4.69) is 0 Å². The van der Waals surface area contributed by atoms with E-state index in [1.54, 1.807) is 18.9 Å². The quantitative estimate of drug-likeness (QED) is 0.777. The number of rotatable bonds is 2. The highest BCUT2D eigenvalue weighted by Crippen LogP contribution is 2.41. The van der Waals surface area contributed by atoms with Crippen LogP contribution in [-0.4, -0.2) is 31.9 Å². The lowest BCUT2D eigenvalue weighted by molar-refractivity contribution is 0.103. The summed E-state index contributed by atoms with van der Waals surface area (Å²) >= 11 is 1.68. The number of fused-ring (bicyclic) bond motifs is 2. The van der Waals surface area contributed by atoms with Gasteiger partial charge in [-0.2, -0.15) is 0 Å². The summed E-state index contributed by atoms with van der Waals surface area (Å²) in [6, 6.07) is 11.5. The molecule has 24 heavy (non-hydrogen) atoms. The molecule has 0 amide bonds. The molecule has 0 atom stereocenters. The maximum absolute atomic E-state index is 12.7. The van der Waals surface area contributed by atoms with Crippen molar-refractivity contribution < 1.29 is 19.0 Å². The standard InChI is InChI=1S/C19H16O4S/c1-21-15-9-12(10-16-19(15)23-7-6-22-16)8-13-11-24-17-5-3-2-4-14(17)18(13)20/h2-5,8-10H,6-7,11H2,1H3/b13-8+. The van der Waals surface area contributed by atoms with Gasteiger partial charge in [0.05, 0.1) is 7.11 Å². The fraction of sp³-hybridized carbons (Fsp3) is 0.211. The van der Waals surface area contributed by atoms with Crippen molar-refractivity contribution in [3.63, 3.8) is 0 Å². The van der Waals surface area contributed by atoms with Crippen molar-refractivity contribution in [1.29, 1.82) is 0 Å². The van der Waals surface area contributed by atoms with E-state index in [1.807, 2.05) is 42.5 Å². The molecule has 0 bridgehead atoms. The molecule has 2 aromatic rings. The van der Waals surface area contributed by atoms with E-state index >= 15 is 0 Å². The summed E-state index contributed by atoms with van der Waals surface area (Å²) in [7, 11) is 1.60. The van der Waals surface area contributed by atoms with Gasteiger partial charge in [0.25, 0.3) is 0 Å². The van der Waals surface area contributed by atoms with Crippen LogP contribution < -0.4 is 14.2 Å². The molecule has 0 fully saturated rings. The molecule has 4 nitrogen and oxygen atoms in total. The van der Waals surface area contributed by atoms with Gasteiger partial charge in [-0.05, 0) is 35.9 Å². The third-order valence-corrected chi connectivity index (χ3v) is 5.12. The number of ether oxygens (including phenoxy) is 3. The van der Waals surface area contributed by atoms with Crippen molar-refractivity contribution in [1.82, 2.24) is 0 Å². The highest BCUT2D eigenvalue weighted by atomic mass is 32.2. The first kappa shape index (κ1) is 15.1. The number of benzene rings is 2. The van der Waals surface area contributed by atoms with Crippen LogP contribution in [0.2, 0.25) is 0 Å². The van der Waals surface area contributed by atoms with Crippen LogP contribution >= 0.6 is 11.8 Å². The number of hydrogen-bond acceptors (Lipinski definition) is 5. The van der Waals surface area contributed by atoms with E-state index in [1.165, 1.54) is 0 Å². The SMILES string of the molecule is COc1cc(/C=C2\CSc3ccccc3C2=O)cc2c1OCCO2. The Morgan fingerprint density at radius 3 is 2.88 bits per heavy atom. The first-order valence-corrected chi connectivity index (χ1v) is 8.69. The van der Waals surface area contributed by atoms with Crippen LogP contribution in [0.1, 0.15) is 15.9 Å². The van der Waals surface area contributed by atoms with Crippen LogP contribution in [0.5, 0.6) is 17.2 Å². The minimum Gasteiger partial charge on any atom is -0.493 e. The van der Waals surface area contributed by atoms with Crippen molar-refractivity contribution in [2.24, 2.45) is 0 Å². The summed E-state index contributed by atoms with van der Waals surface area (Å²) in [4.78, 5) is 13.7. The number of Topliss-reactive ketones (excluding diaryl/α,β-unsaturated/α-hetero) is 1. The number of carbonyl (C=O) groups is 1. The summed E-state index contributed by atoms with van der Waals surface area (Å²) < 4.78 is 16.7. The van der Waals surface area contributed by atoms with E-state index in [9.17, 15) is 4.79 Å². The number of hydrogen-bond donors (Lipinski definition) is 0. The van der Waals surface area contributed by atoms with Gasteiger partial charge in [0, 0.05) is 21.8 Å². The zero-order chi connectivity index (χ0) is 16.5. The molecule has 0 aromatic heterocycles. The predicted octanol–water partition coefficient (Wildman–Crippen LogP) is 3.84. The molecule has 0 spiro atoms. The Balaban J connectivity index is 1.73. The Kier molecular flexibility index (Phi) is 3.94. The third-order valence-electron chi connectivity index (χ3n) is 4.00. The Hall–Kier alpha value is -2.40. The summed E-state index contributed by atoms with van der Waals surface area (Å²) in [5.74, 6) is 2.64. The van der Waals surface area contributed by atoms with Gasteiger partial charge in [-0.1, -0.05) is 12.1 Å². The fourth-order valence-corrected chi connectivity index (χ4v) is 3.88. The Morgan fingerprint density at radius 1 is 1.17 bits per heavy atom. The number of thioether (sulfide) groups is 1. The first-order chi connectivity index (χ1) is 11.8. The number of ketones is 1. The smallest absolute Gasteiger partial charge is 0.203 e. The second kappa shape index (κ2) is 6.24. The van der Waals surface area contributed by atoms with E-state index in [0.717, 1.165) is 21.6 Å². The van der Waals surface area contributed by atoms with Crippen molar-refractivity contribution in [3.8, 4) is 17.2 Å². The molecular formula is C19H16O4S. The van der Waals surface area contributed by atoms with Crippen molar-refractivity contribution in [2.45, 2.75) is 4.90 Å². The van der Waals surface area contributed by atoms with Gasteiger partial charge in [-0.15, -0.1) is 11.8 Å². The normalized spacial score (nSPS) is 17.5. The average Bonchev–Trinajstić information content (AvgIpc) is 2.63. The zero-order valence-corrected chi connectivity index (χ0v) is 14.0. The highest BCUT2D eigenvalue weighted by Gasteiger charge is 2.23. The van der Waals surface area contributed by atoms with Gasteiger partial charge < -0.3 is 14.2 Å². The van der Waals surface area contributed by atoms with Crippen LogP contribution in [-0.2, 0) is 0 Å². The molecule has 2 aliphatic heterocycles. The molecule has 122 valence electrons. The van der Waals surface area contributed by atoms with Gasteiger partial charge in [0.1, 0.15) is 13.2 Å². The van der Waals surface area contributed by atoms with Gasteiger partial charge in [-0.25, -0.2) is 0 Å². The lowest BCUT2D eigenvalue weighted by Crippen LogP contribution is -2.16. The summed E-state index contributed by atoms with van der Waals surface area (Å²) in [5.41, 5.74) is 2.42. The largest absolute Gasteiger partial charge is 0.493 e. The molecule has 2 aliphatic rings. The summed E-state index contributed by atoms with van der Waals surface area (Å²) in [6.45, 7) is 1.02. The molecule has 2 heterocycles. The van der Waals surface area contributed by atoms with Gasteiger partial charge in [0.2, 0.25) is 5.75 Å². The Labute approximate surface area is 144 Å². The molecule has 0 N–H and O–H groups in total. The fourth-order valence-electron chi connectivity index (χ4n) is 2.86. The topological polar surface area (TPSA) is 44.8 Å². The van der Waals surface area contributed by atoms with E-state index in [4.69, 9.17) is 14.2 Å². The lowest BCUT2D eigenvalue weighted by Gasteiger charge is -2.21. The Bertz CT molecular complexity index is 824. The molecule has 5 heteroatoms. The van der Waals surface area contributed by atoms with Crippen molar-refractivity contribution in [2.75, 3.05) is 26.1 Å². The van der Waals surface area contributed by atoms with Crippen LogP contribution in [0.4, 0.5) is 0 Å². The van der Waals surface area contributed by atoms with Gasteiger partial charge in [0.15, 0.2) is 17.3 Å². The summed E-state index contributed by atoms with van der Waals surface area (Å²) in [6.07, 6.45) is 1.91. The van der Waals surface area contributed by atoms with Gasteiger partial charge >= 0.3 is 0 Å². The van der Waals surface area contributed by atoms with Crippen LogP contribution in [0.3, 0.4) is 0 Å². The van der Waals surface area contributed by atoms with Crippen molar-refractivity contribution >= 4 is 23.6 Å². The number of methoxy groups -OCH3 is 1. The zero-order valence-electron chi connectivity index (χ0n) is 13.2. The van der Waals surface area contributed by atoms with Crippen LogP contribution in [0, 0.1) is 0 Å². The molecule has 0 unspecified atom stereocenters. The number of carbonyl (C=O) groups excluding carboxylic acids is 1. The van der Waals surface area contributed by atoms with Gasteiger partial charge in [-0.3, -0.25) is 4.79 Å². The third kappa shape index (κ3) is 2.65. The second-order valence-corrected chi connectivity index (χ2v) is 6.55. The molecule has 2 aromatic carbocycles. The first-order valence-electron chi connectivity index (χ1n) is 7.71. The predicted molar refractivity (Wildman–Crippen MR) is 93.5 cm³/mol. The monoisotopic (exact) mass is 340 g/mol. The maximum Gasteiger partial charge on any atom is 0.203 e. The average molecular weight is 340 g/mol. The molecule has 4 rings (SSSR count). The minimum absolute atomic E-state index is 0.0817. The molecule has 0 radical (unpaired) electrons. The molecular weight excluding hydrogens is 324 g/mol. The van der Waals surface area contributed by atoms with Crippen molar-refractivity contribution in [3.05, 3.63) is 53.1 Å². The van der Waals surface area contributed by atoms with E-state index < -0.39 is 0 Å². The second-order valence-electron chi connectivity index (χ2n) is 5.53. The maximum atomic E-state index is 12.7.